The van der Waals surface area contributed by atoms with E-state index in [1.165, 1.54) is 17.0 Å². The van der Waals surface area contributed by atoms with Gasteiger partial charge in [-0.25, -0.2) is 4.98 Å². The van der Waals surface area contributed by atoms with Crippen molar-refractivity contribution in [2.45, 2.75) is 47.0 Å². The minimum absolute atomic E-state index is 0.142. The van der Waals surface area contributed by atoms with Gasteiger partial charge in [0.1, 0.15) is 5.82 Å². The second kappa shape index (κ2) is 9.05. The molecule has 8 nitrogen and oxygen atoms in total. The summed E-state index contributed by atoms with van der Waals surface area (Å²) in [7, 11) is 0. The van der Waals surface area contributed by atoms with Gasteiger partial charge in [-0.05, 0) is 35.7 Å². The van der Waals surface area contributed by atoms with Crippen LogP contribution in [-0.4, -0.2) is 27.4 Å². The molecule has 33 heavy (non-hydrogen) atoms. The van der Waals surface area contributed by atoms with Crippen LogP contribution in [0.1, 0.15) is 52.9 Å². The highest BCUT2D eigenvalue weighted by atomic mass is 79.9. The van der Waals surface area contributed by atoms with Crippen molar-refractivity contribution in [2.75, 3.05) is 6.61 Å². The second-order valence-corrected chi connectivity index (χ2v) is 11.0. The molecule has 1 aromatic heterocycles. The topological polar surface area (TPSA) is 99.6 Å². The molecule has 0 radical (unpaired) electrons. The van der Waals surface area contributed by atoms with Crippen LogP contribution in [0.3, 0.4) is 0 Å². The van der Waals surface area contributed by atoms with Gasteiger partial charge in [-0.3, -0.25) is 14.9 Å². The van der Waals surface area contributed by atoms with Gasteiger partial charge in [0.15, 0.2) is 5.75 Å². The summed E-state index contributed by atoms with van der Waals surface area (Å²) in [6, 6.07) is 9.92. The molecule has 174 valence electrons. The fourth-order valence-electron chi connectivity index (χ4n) is 3.04. The smallest absolute Gasteiger partial charge is 0.311 e. The van der Waals surface area contributed by atoms with E-state index < -0.39 is 10.3 Å². The SMILES string of the molecule is CC(C)(C)COc1ccc(C=Nn2c(C(C)(C)C)nc3ccc(Br)cc3c2=O)cc1[N+](=O)[O-]. The summed E-state index contributed by atoms with van der Waals surface area (Å²) >= 11 is 3.39. The Morgan fingerprint density at radius 2 is 1.85 bits per heavy atom. The molecule has 0 atom stereocenters. The van der Waals surface area contributed by atoms with Gasteiger partial charge < -0.3 is 4.74 Å². The van der Waals surface area contributed by atoms with E-state index in [4.69, 9.17) is 4.74 Å². The van der Waals surface area contributed by atoms with Crippen LogP contribution in [0, 0.1) is 15.5 Å². The summed E-state index contributed by atoms with van der Waals surface area (Å²) in [6.45, 7) is 12.1. The minimum Gasteiger partial charge on any atom is -0.486 e. The quantitative estimate of drug-likeness (QED) is 0.248. The Bertz CT molecular complexity index is 1300. The lowest BCUT2D eigenvalue weighted by Crippen LogP contribution is -2.29. The second-order valence-electron chi connectivity index (χ2n) is 10.0. The molecule has 0 saturated heterocycles. The summed E-state index contributed by atoms with van der Waals surface area (Å²) in [5.41, 5.74) is -0.0406. The number of nitro groups is 1. The van der Waals surface area contributed by atoms with E-state index >= 15 is 0 Å². The van der Waals surface area contributed by atoms with E-state index in [9.17, 15) is 14.9 Å². The summed E-state index contributed by atoms with van der Waals surface area (Å²) < 4.78 is 7.68. The maximum atomic E-state index is 13.2. The molecule has 3 aromatic rings. The predicted octanol–water partition coefficient (Wildman–Crippen LogP) is 5.67. The first-order valence-electron chi connectivity index (χ1n) is 10.4. The molecule has 0 aliphatic carbocycles. The van der Waals surface area contributed by atoms with E-state index in [2.05, 4.69) is 26.0 Å². The highest BCUT2D eigenvalue weighted by Crippen LogP contribution is 2.29. The lowest BCUT2D eigenvalue weighted by molar-refractivity contribution is -0.386. The zero-order valence-corrected chi connectivity index (χ0v) is 21.1. The maximum absolute atomic E-state index is 13.2. The highest BCUT2D eigenvalue weighted by Gasteiger charge is 2.23. The molecule has 0 unspecified atom stereocenters. The van der Waals surface area contributed by atoms with Crippen molar-refractivity contribution in [1.82, 2.24) is 9.66 Å². The summed E-state index contributed by atoms with van der Waals surface area (Å²) in [5.74, 6) is 0.676. The van der Waals surface area contributed by atoms with Crippen LogP contribution >= 0.6 is 15.9 Å². The molecule has 0 aliphatic heterocycles. The number of hydrogen-bond acceptors (Lipinski definition) is 6. The molecule has 0 amide bonds. The number of aromatic nitrogens is 2. The Morgan fingerprint density at radius 3 is 2.45 bits per heavy atom. The van der Waals surface area contributed by atoms with Gasteiger partial charge >= 0.3 is 5.69 Å². The van der Waals surface area contributed by atoms with Gasteiger partial charge in [0.05, 0.1) is 28.6 Å². The number of ether oxygens (including phenoxy) is 1. The molecule has 0 spiro atoms. The van der Waals surface area contributed by atoms with Gasteiger partial charge in [-0.15, -0.1) is 0 Å². The number of halogens is 1. The monoisotopic (exact) mass is 514 g/mol. The van der Waals surface area contributed by atoms with Crippen molar-refractivity contribution in [3.63, 3.8) is 0 Å². The molecule has 9 heteroatoms. The molecule has 1 heterocycles. The summed E-state index contributed by atoms with van der Waals surface area (Å²) in [5, 5.41) is 16.4. The van der Waals surface area contributed by atoms with Crippen LogP contribution in [0.4, 0.5) is 5.69 Å². The lowest BCUT2D eigenvalue weighted by atomic mass is 9.95. The molecule has 0 saturated carbocycles. The Labute approximate surface area is 200 Å². The Balaban J connectivity index is 2.08. The van der Waals surface area contributed by atoms with E-state index in [1.54, 1.807) is 24.3 Å². The zero-order chi connectivity index (χ0) is 24.6. The van der Waals surface area contributed by atoms with Crippen molar-refractivity contribution in [3.8, 4) is 5.75 Å². The zero-order valence-electron chi connectivity index (χ0n) is 19.5. The first kappa shape index (κ1) is 24.6. The Hall–Kier alpha value is -3.07. The van der Waals surface area contributed by atoms with Crippen molar-refractivity contribution >= 4 is 38.7 Å². The van der Waals surface area contributed by atoms with Crippen LogP contribution < -0.4 is 10.3 Å². The number of benzene rings is 2. The Kier molecular flexibility index (Phi) is 6.74. The molecule has 0 aliphatic rings. The molecular formula is C24H27BrN4O4. The number of nitrogens with zero attached hydrogens (tertiary/aromatic N) is 4. The average Bonchev–Trinajstić information content (AvgIpc) is 2.70. The highest BCUT2D eigenvalue weighted by molar-refractivity contribution is 9.10. The third-order valence-electron chi connectivity index (χ3n) is 4.64. The predicted molar refractivity (Wildman–Crippen MR) is 133 cm³/mol. The third-order valence-corrected chi connectivity index (χ3v) is 5.14. The number of fused-ring (bicyclic) bond motifs is 1. The first-order valence-corrected chi connectivity index (χ1v) is 11.2. The fourth-order valence-corrected chi connectivity index (χ4v) is 3.40. The van der Waals surface area contributed by atoms with E-state index in [0.717, 1.165) is 4.47 Å². The van der Waals surface area contributed by atoms with Gasteiger partial charge in [0.25, 0.3) is 5.56 Å². The van der Waals surface area contributed by atoms with E-state index in [0.29, 0.717) is 28.9 Å². The van der Waals surface area contributed by atoms with Crippen LogP contribution in [0.5, 0.6) is 5.75 Å². The summed E-state index contributed by atoms with van der Waals surface area (Å²) in [6.07, 6.45) is 1.42. The molecule has 3 rings (SSSR count). The minimum atomic E-state index is -0.489. The third kappa shape index (κ3) is 5.84. The standard InChI is InChI=1S/C24H27BrN4O4/c1-23(2,3)14-33-20-10-7-15(11-19(20)29(31)32)13-26-28-21(30)17-12-16(25)8-9-18(17)27-22(28)24(4,5)6/h7-13H,14H2,1-6H3. The molecular weight excluding hydrogens is 488 g/mol. The average molecular weight is 515 g/mol. The normalized spacial score (nSPS) is 12.5. The van der Waals surface area contributed by atoms with E-state index in [-0.39, 0.29) is 22.4 Å². The summed E-state index contributed by atoms with van der Waals surface area (Å²) in [4.78, 5) is 29.0. The van der Waals surface area contributed by atoms with Crippen molar-refractivity contribution in [1.29, 1.82) is 0 Å². The molecule has 0 bridgehead atoms. The number of nitro benzene ring substituents is 1. The van der Waals surface area contributed by atoms with Crippen LogP contribution in [-0.2, 0) is 5.41 Å². The molecule has 2 aromatic carbocycles. The van der Waals surface area contributed by atoms with Gasteiger partial charge in [0.2, 0.25) is 0 Å². The number of rotatable bonds is 5. The Morgan fingerprint density at radius 1 is 1.15 bits per heavy atom. The van der Waals surface area contributed by atoms with Crippen molar-refractivity contribution < 1.29 is 9.66 Å². The van der Waals surface area contributed by atoms with E-state index in [1.807, 2.05) is 47.6 Å². The van der Waals surface area contributed by atoms with Crippen LogP contribution in [0.25, 0.3) is 10.9 Å². The lowest BCUT2D eigenvalue weighted by Gasteiger charge is -2.21. The van der Waals surface area contributed by atoms with Crippen molar-refractivity contribution in [3.05, 3.63) is 72.7 Å². The van der Waals surface area contributed by atoms with Crippen molar-refractivity contribution in [2.24, 2.45) is 10.5 Å². The fraction of sp³-hybridized carbons (Fsp3) is 0.375. The largest absolute Gasteiger partial charge is 0.486 e. The van der Waals surface area contributed by atoms with Gasteiger partial charge in [0, 0.05) is 21.5 Å². The van der Waals surface area contributed by atoms with Crippen LogP contribution in [0.15, 0.2) is 50.8 Å². The van der Waals surface area contributed by atoms with Crippen LogP contribution in [0.2, 0.25) is 0 Å². The first-order chi connectivity index (χ1) is 15.3. The molecule has 0 N–H and O–H groups in total. The van der Waals surface area contributed by atoms with Gasteiger partial charge in [-0.2, -0.15) is 9.78 Å². The van der Waals surface area contributed by atoms with Gasteiger partial charge in [-0.1, -0.05) is 57.5 Å². The maximum Gasteiger partial charge on any atom is 0.311 e. The molecule has 0 fully saturated rings. The number of hydrogen-bond donors (Lipinski definition) is 0.